The molecule has 0 heterocycles. The predicted molar refractivity (Wildman–Crippen MR) is 83.4 cm³/mol. The van der Waals surface area contributed by atoms with Crippen molar-refractivity contribution in [2.45, 2.75) is 64.3 Å². The van der Waals surface area contributed by atoms with E-state index in [-0.39, 0.29) is 0 Å². The molecule has 1 aromatic carbocycles. The van der Waals surface area contributed by atoms with E-state index in [0.29, 0.717) is 0 Å². The van der Waals surface area contributed by atoms with Crippen LogP contribution in [-0.2, 0) is 6.42 Å². The van der Waals surface area contributed by atoms with Gasteiger partial charge < -0.3 is 5.32 Å². The molecule has 0 saturated heterocycles. The molecule has 1 aromatic rings. The van der Waals surface area contributed by atoms with Gasteiger partial charge in [0.15, 0.2) is 0 Å². The van der Waals surface area contributed by atoms with Crippen molar-refractivity contribution >= 4 is 0 Å². The minimum Gasteiger partial charge on any atom is -0.314 e. The van der Waals surface area contributed by atoms with Gasteiger partial charge in [0.1, 0.15) is 0 Å². The molecule has 1 fully saturated rings. The largest absolute Gasteiger partial charge is 0.314 e. The lowest BCUT2D eigenvalue weighted by Crippen LogP contribution is -2.33. The number of benzene rings is 1. The van der Waals surface area contributed by atoms with Crippen LogP contribution < -0.4 is 5.32 Å². The van der Waals surface area contributed by atoms with Crippen LogP contribution in [0, 0.1) is 5.92 Å². The molecule has 1 aliphatic rings. The summed E-state index contributed by atoms with van der Waals surface area (Å²) in [5.41, 5.74) is 1.49. The SMILES string of the molecule is CCCNC(CCCc1ccccc1)CC1CCC1. The van der Waals surface area contributed by atoms with E-state index in [1.165, 1.54) is 63.5 Å². The van der Waals surface area contributed by atoms with Gasteiger partial charge in [0.2, 0.25) is 0 Å². The molecule has 0 spiro atoms. The molecule has 0 aliphatic heterocycles. The number of hydrogen-bond donors (Lipinski definition) is 1. The first kappa shape index (κ1) is 14.6. The van der Waals surface area contributed by atoms with Gasteiger partial charge in [-0.2, -0.15) is 0 Å². The molecule has 1 aliphatic carbocycles. The Morgan fingerprint density at radius 3 is 2.63 bits per heavy atom. The van der Waals surface area contributed by atoms with Crippen LogP contribution in [0.4, 0.5) is 0 Å². The van der Waals surface area contributed by atoms with Crippen LogP contribution in [0.25, 0.3) is 0 Å². The predicted octanol–water partition coefficient (Wildman–Crippen LogP) is 4.57. The highest BCUT2D eigenvalue weighted by Crippen LogP contribution is 2.31. The zero-order valence-corrected chi connectivity index (χ0v) is 12.4. The smallest absolute Gasteiger partial charge is 0.00698 e. The second kappa shape index (κ2) is 8.37. The fourth-order valence-corrected chi connectivity index (χ4v) is 2.98. The van der Waals surface area contributed by atoms with Crippen LogP contribution in [0.3, 0.4) is 0 Å². The minimum absolute atomic E-state index is 0.758. The monoisotopic (exact) mass is 259 g/mol. The molecule has 0 amide bonds. The third-order valence-corrected chi connectivity index (χ3v) is 4.39. The third kappa shape index (κ3) is 5.36. The molecule has 1 unspecified atom stereocenters. The number of aryl methyl sites for hydroxylation is 1. The maximum Gasteiger partial charge on any atom is 0.00698 e. The Balaban J connectivity index is 1.68. The fraction of sp³-hybridized carbons (Fsp3) is 0.667. The van der Waals surface area contributed by atoms with E-state index < -0.39 is 0 Å². The molecule has 1 saturated carbocycles. The van der Waals surface area contributed by atoms with Gasteiger partial charge in [0.25, 0.3) is 0 Å². The molecule has 0 aromatic heterocycles. The summed E-state index contributed by atoms with van der Waals surface area (Å²) in [7, 11) is 0. The number of nitrogens with one attached hydrogen (secondary N) is 1. The highest BCUT2D eigenvalue weighted by molar-refractivity contribution is 5.14. The summed E-state index contributed by atoms with van der Waals surface area (Å²) in [5.74, 6) is 1.02. The first-order chi connectivity index (χ1) is 9.38. The summed E-state index contributed by atoms with van der Waals surface area (Å²) in [5, 5.41) is 3.75. The summed E-state index contributed by atoms with van der Waals surface area (Å²) in [4.78, 5) is 0. The van der Waals surface area contributed by atoms with Crippen molar-refractivity contribution in [2.75, 3.05) is 6.54 Å². The summed E-state index contributed by atoms with van der Waals surface area (Å²) >= 11 is 0. The van der Waals surface area contributed by atoms with Gasteiger partial charge in [-0.15, -0.1) is 0 Å². The average Bonchev–Trinajstić information content (AvgIpc) is 2.40. The molecule has 2 rings (SSSR count). The van der Waals surface area contributed by atoms with E-state index in [1.54, 1.807) is 0 Å². The number of hydrogen-bond acceptors (Lipinski definition) is 1. The average molecular weight is 259 g/mol. The summed E-state index contributed by atoms with van der Waals surface area (Å²) < 4.78 is 0. The van der Waals surface area contributed by atoms with E-state index in [1.807, 2.05) is 0 Å². The van der Waals surface area contributed by atoms with Crippen molar-refractivity contribution in [3.63, 3.8) is 0 Å². The highest BCUT2D eigenvalue weighted by Gasteiger charge is 2.21. The van der Waals surface area contributed by atoms with E-state index in [9.17, 15) is 0 Å². The Bertz CT molecular complexity index is 329. The number of rotatable bonds is 9. The Hall–Kier alpha value is -0.820. The Labute approximate surface area is 118 Å². The lowest BCUT2D eigenvalue weighted by atomic mass is 9.80. The van der Waals surface area contributed by atoms with Crippen molar-refractivity contribution in [2.24, 2.45) is 5.92 Å². The van der Waals surface area contributed by atoms with Gasteiger partial charge >= 0.3 is 0 Å². The van der Waals surface area contributed by atoms with Crippen LogP contribution in [0.1, 0.15) is 57.4 Å². The van der Waals surface area contributed by atoms with E-state index in [0.717, 1.165) is 12.0 Å². The van der Waals surface area contributed by atoms with Crippen molar-refractivity contribution in [3.8, 4) is 0 Å². The first-order valence-corrected chi connectivity index (χ1v) is 8.15. The van der Waals surface area contributed by atoms with Crippen LogP contribution in [0.15, 0.2) is 30.3 Å². The Kier molecular flexibility index (Phi) is 6.43. The molecule has 19 heavy (non-hydrogen) atoms. The van der Waals surface area contributed by atoms with Crippen molar-refractivity contribution in [1.29, 1.82) is 0 Å². The maximum atomic E-state index is 3.75. The molecular formula is C18H29N. The Morgan fingerprint density at radius 2 is 2.00 bits per heavy atom. The van der Waals surface area contributed by atoms with Gasteiger partial charge in [-0.1, -0.05) is 56.5 Å². The normalized spacial score (nSPS) is 17.1. The molecule has 1 nitrogen and oxygen atoms in total. The highest BCUT2D eigenvalue weighted by atomic mass is 14.9. The van der Waals surface area contributed by atoms with Crippen molar-refractivity contribution in [3.05, 3.63) is 35.9 Å². The first-order valence-electron chi connectivity index (χ1n) is 8.15. The van der Waals surface area contributed by atoms with Crippen molar-refractivity contribution in [1.82, 2.24) is 5.32 Å². The second-order valence-corrected chi connectivity index (χ2v) is 6.06. The van der Waals surface area contributed by atoms with Gasteiger partial charge in [-0.05, 0) is 50.1 Å². The van der Waals surface area contributed by atoms with Crippen LogP contribution in [0.5, 0.6) is 0 Å². The molecular weight excluding hydrogens is 230 g/mol. The Morgan fingerprint density at radius 1 is 1.21 bits per heavy atom. The maximum absolute atomic E-state index is 3.75. The lowest BCUT2D eigenvalue weighted by Gasteiger charge is -2.30. The third-order valence-electron chi connectivity index (χ3n) is 4.39. The zero-order valence-electron chi connectivity index (χ0n) is 12.4. The van der Waals surface area contributed by atoms with E-state index >= 15 is 0 Å². The summed E-state index contributed by atoms with van der Waals surface area (Å²) in [6, 6.07) is 11.7. The van der Waals surface area contributed by atoms with Crippen LogP contribution >= 0.6 is 0 Å². The quantitative estimate of drug-likeness (QED) is 0.685. The van der Waals surface area contributed by atoms with E-state index in [4.69, 9.17) is 0 Å². The summed E-state index contributed by atoms with van der Waals surface area (Å²) in [6.45, 7) is 3.44. The fourth-order valence-electron chi connectivity index (χ4n) is 2.98. The standard InChI is InChI=1S/C18H29N/c1-2-14-19-18(15-17-11-6-12-17)13-7-10-16-8-4-3-5-9-16/h3-5,8-9,17-19H,2,6-7,10-15H2,1H3. The molecule has 1 atom stereocenters. The lowest BCUT2D eigenvalue weighted by molar-refractivity contribution is 0.252. The van der Waals surface area contributed by atoms with Gasteiger partial charge in [0, 0.05) is 6.04 Å². The molecule has 0 bridgehead atoms. The van der Waals surface area contributed by atoms with E-state index in [2.05, 4.69) is 42.6 Å². The molecule has 0 radical (unpaired) electrons. The minimum atomic E-state index is 0.758. The second-order valence-electron chi connectivity index (χ2n) is 6.06. The molecule has 1 N–H and O–H groups in total. The topological polar surface area (TPSA) is 12.0 Å². The van der Waals surface area contributed by atoms with Gasteiger partial charge in [0.05, 0.1) is 0 Å². The van der Waals surface area contributed by atoms with Gasteiger partial charge in [-0.3, -0.25) is 0 Å². The van der Waals surface area contributed by atoms with Gasteiger partial charge in [-0.25, -0.2) is 0 Å². The van der Waals surface area contributed by atoms with Crippen LogP contribution in [0.2, 0.25) is 0 Å². The van der Waals surface area contributed by atoms with Crippen molar-refractivity contribution < 1.29 is 0 Å². The summed E-state index contributed by atoms with van der Waals surface area (Å²) in [6.07, 6.45) is 11.0. The molecule has 106 valence electrons. The zero-order chi connectivity index (χ0) is 13.3. The van der Waals surface area contributed by atoms with Crippen LogP contribution in [-0.4, -0.2) is 12.6 Å². The molecule has 1 heteroatoms.